The topological polar surface area (TPSA) is 28.2 Å². The summed E-state index contributed by atoms with van der Waals surface area (Å²) in [6.45, 7) is 7.81. The van der Waals surface area contributed by atoms with E-state index in [9.17, 15) is 0 Å². The van der Waals surface area contributed by atoms with Crippen molar-refractivity contribution in [3.05, 3.63) is 30.1 Å². The smallest absolute Gasteiger partial charge is 0.0312 e. The number of piperidine rings is 1. The summed E-state index contributed by atoms with van der Waals surface area (Å²) in [5, 5.41) is 3.57. The van der Waals surface area contributed by atoms with Gasteiger partial charge in [-0.3, -0.25) is 9.88 Å². The highest BCUT2D eigenvalue weighted by molar-refractivity contribution is 5.08. The van der Waals surface area contributed by atoms with Gasteiger partial charge in [0, 0.05) is 31.0 Å². The van der Waals surface area contributed by atoms with Gasteiger partial charge in [-0.15, -0.1) is 0 Å². The molecule has 0 bridgehead atoms. The maximum absolute atomic E-state index is 4.21. The summed E-state index contributed by atoms with van der Waals surface area (Å²) in [5.41, 5.74) is 1.33. The Bertz CT molecular complexity index is 339. The molecule has 2 atom stereocenters. The van der Waals surface area contributed by atoms with Gasteiger partial charge in [0.1, 0.15) is 0 Å². The third-order valence-corrected chi connectivity index (χ3v) is 3.88. The molecular weight excluding hydrogens is 222 g/mol. The minimum atomic E-state index is 0.576. The quantitative estimate of drug-likeness (QED) is 0.866. The number of rotatable bonds is 5. The summed E-state index contributed by atoms with van der Waals surface area (Å²) in [6, 6.07) is 5.45. The number of likely N-dealkylation sites (tertiary alicyclic amines) is 1. The van der Waals surface area contributed by atoms with Crippen LogP contribution in [0.5, 0.6) is 0 Å². The number of likely N-dealkylation sites (N-methyl/N-ethyl adjacent to an activating group) is 1. The van der Waals surface area contributed by atoms with Crippen molar-refractivity contribution in [2.75, 3.05) is 13.1 Å². The Kier molecular flexibility index (Phi) is 5.14. The molecule has 0 saturated carbocycles. The van der Waals surface area contributed by atoms with Gasteiger partial charge in [0.05, 0.1) is 0 Å². The number of hydrogen-bond donors (Lipinski definition) is 1. The summed E-state index contributed by atoms with van der Waals surface area (Å²) >= 11 is 0. The van der Waals surface area contributed by atoms with Gasteiger partial charge < -0.3 is 5.32 Å². The van der Waals surface area contributed by atoms with Crippen molar-refractivity contribution in [1.82, 2.24) is 15.2 Å². The van der Waals surface area contributed by atoms with E-state index in [-0.39, 0.29) is 0 Å². The second-order valence-corrected chi connectivity index (χ2v) is 5.24. The molecule has 0 aliphatic carbocycles. The van der Waals surface area contributed by atoms with E-state index in [0.717, 1.165) is 13.1 Å². The highest BCUT2D eigenvalue weighted by atomic mass is 15.2. The number of hydrogen-bond acceptors (Lipinski definition) is 3. The predicted molar refractivity (Wildman–Crippen MR) is 75.4 cm³/mol. The van der Waals surface area contributed by atoms with Gasteiger partial charge >= 0.3 is 0 Å². The number of nitrogens with one attached hydrogen (secondary N) is 1. The van der Waals surface area contributed by atoms with Crippen molar-refractivity contribution in [3.8, 4) is 0 Å². The Balaban J connectivity index is 1.99. The van der Waals surface area contributed by atoms with Gasteiger partial charge in [0.2, 0.25) is 0 Å². The number of pyridine rings is 1. The SMILES string of the molecule is CCNC(C)C1CCCCN1Cc1cccnc1. The lowest BCUT2D eigenvalue weighted by molar-refractivity contribution is 0.112. The van der Waals surface area contributed by atoms with Crippen molar-refractivity contribution in [3.63, 3.8) is 0 Å². The maximum atomic E-state index is 4.21. The largest absolute Gasteiger partial charge is 0.313 e. The molecule has 1 N–H and O–H groups in total. The highest BCUT2D eigenvalue weighted by Crippen LogP contribution is 2.21. The van der Waals surface area contributed by atoms with Gasteiger partial charge in [-0.1, -0.05) is 19.4 Å². The van der Waals surface area contributed by atoms with E-state index in [4.69, 9.17) is 0 Å². The minimum Gasteiger partial charge on any atom is -0.313 e. The van der Waals surface area contributed by atoms with Crippen LogP contribution in [-0.4, -0.2) is 35.1 Å². The fourth-order valence-electron chi connectivity index (χ4n) is 2.96. The lowest BCUT2D eigenvalue weighted by atomic mass is 9.96. The average molecular weight is 247 g/mol. The Labute approximate surface area is 111 Å². The normalized spacial score (nSPS) is 22.9. The van der Waals surface area contributed by atoms with Crippen LogP contribution in [0.15, 0.2) is 24.5 Å². The molecule has 2 unspecified atom stereocenters. The first-order valence-electron chi connectivity index (χ1n) is 7.17. The molecule has 1 aromatic rings. The summed E-state index contributed by atoms with van der Waals surface area (Å²) in [5.74, 6) is 0. The van der Waals surface area contributed by atoms with E-state index in [1.165, 1.54) is 31.4 Å². The van der Waals surface area contributed by atoms with Gasteiger partial charge in [0.25, 0.3) is 0 Å². The molecule has 1 saturated heterocycles. The zero-order valence-corrected chi connectivity index (χ0v) is 11.6. The highest BCUT2D eigenvalue weighted by Gasteiger charge is 2.26. The Morgan fingerprint density at radius 3 is 3.11 bits per heavy atom. The third-order valence-electron chi connectivity index (χ3n) is 3.88. The van der Waals surface area contributed by atoms with Crippen LogP contribution in [0, 0.1) is 0 Å². The van der Waals surface area contributed by atoms with E-state index in [1.54, 1.807) is 0 Å². The third kappa shape index (κ3) is 3.53. The molecule has 100 valence electrons. The number of nitrogens with zero attached hydrogens (tertiary/aromatic N) is 2. The van der Waals surface area contributed by atoms with E-state index >= 15 is 0 Å². The van der Waals surface area contributed by atoms with E-state index in [2.05, 4.69) is 35.1 Å². The average Bonchev–Trinajstić information content (AvgIpc) is 2.41. The second kappa shape index (κ2) is 6.86. The molecule has 0 radical (unpaired) electrons. The van der Waals surface area contributed by atoms with Crippen LogP contribution in [0.1, 0.15) is 38.7 Å². The Morgan fingerprint density at radius 1 is 1.50 bits per heavy atom. The van der Waals surface area contributed by atoms with Crippen molar-refractivity contribution in [1.29, 1.82) is 0 Å². The lowest BCUT2D eigenvalue weighted by Gasteiger charge is -2.39. The molecule has 18 heavy (non-hydrogen) atoms. The maximum Gasteiger partial charge on any atom is 0.0312 e. The molecule has 1 aliphatic heterocycles. The summed E-state index contributed by atoms with van der Waals surface area (Å²) in [6.07, 6.45) is 7.84. The molecule has 1 fully saturated rings. The van der Waals surface area contributed by atoms with Crippen LogP contribution < -0.4 is 5.32 Å². The molecule has 1 aliphatic rings. The standard InChI is InChI=1S/C15H25N3/c1-3-17-13(2)15-8-4-5-10-18(15)12-14-7-6-9-16-11-14/h6-7,9,11,13,15,17H,3-5,8,10,12H2,1-2H3. The molecule has 2 rings (SSSR count). The van der Waals surface area contributed by atoms with Crippen molar-refractivity contribution < 1.29 is 0 Å². The van der Waals surface area contributed by atoms with Crippen molar-refractivity contribution in [2.45, 2.75) is 51.7 Å². The van der Waals surface area contributed by atoms with Crippen LogP contribution in [0.25, 0.3) is 0 Å². The fourth-order valence-corrected chi connectivity index (χ4v) is 2.96. The van der Waals surface area contributed by atoms with Gasteiger partial charge in [0.15, 0.2) is 0 Å². The molecule has 0 spiro atoms. The predicted octanol–water partition coefficient (Wildman–Crippen LogP) is 2.43. The van der Waals surface area contributed by atoms with Crippen LogP contribution in [-0.2, 0) is 6.54 Å². The lowest BCUT2D eigenvalue weighted by Crippen LogP contribution is -2.50. The van der Waals surface area contributed by atoms with Crippen LogP contribution in [0.3, 0.4) is 0 Å². The summed E-state index contributed by atoms with van der Waals surface area (Å²) in [4.78, 5) is 6.83. The van der Waals surface area contributed by atoms with Crippen molar-refractivity contribution in [2.24, 2.45) is 0 Å². The molecule has 3 nitrogen and oxygen atoms in total. The van der Waals surface area contributed by atoms with E-state index in [1.807, 2.05) is 18.5 Å². The molecule has 0 amide bonds. The van der Waals surface area contributed by atoms with Crippen LogP contribution in [0.4, 0.5) is 0 Å². The molecule has 1 aromatic heterocycles. The molecule has 0 aromatic carbocycles. The zero-order valence-electron chi connectivity index (χ0n) is 11.6. The van der Waals surface area contributed by atoms with Crippen molar-refractivity contribution >= 4 is 0 Å². The fraction of sp³-hybridized carbons (Fsp3) is 0.667. The first kappa shape index (κ1) is 13.5. The molecule has 3 heteroatoms. The van der Waals surface area contributed by atoms with Gasteiger partial charge in [-0.25, -0.2) is 0 Å². The first-order valence-corrected chi connectivity index (χ1v) is 7.17. The zero-order chi connectivity index (χ0) is 12.8. The van der Waals surface area contributed by atoms with Crippen LogP contribution in [0.2, 0.25) is 0 Å². The minimum absolute atomic E-state index is 0.576. The monoisotopic (exact) mass is 247 g/mol. The van der Waals surface area contributed by atoms with E-state index in [0.29, 0.717) is 12.1 Å². The van der Waals surface area contributed by atoms with Gasteiger partial charge in [-0.2, -0.15) is 0 Å². The molecule has 2 heterocycles. The first-order chi connectivity index (χ1) is 8.81. The Hall–Kier alpha value is -0.930. The Morgan fingerprint density at radius 2 is 2.39 bits per heavy atom. The van der Waals surface area contributed by atoms with E-state index < -0.39 is 0 Å². The molecular formula is C15H25N3. The number of aromatic nitrogens is 1. The van der Waals surface area contributed by atoms with Gasteiger partial charge in [-0.05, 0) is 44.5 Å². The van der Waals surface area contributed by atoms with Crippen LogP contribution >= 0.6 is 0 Å². The summed E-state index contributed by atoms with van der Waals surface area (Å²) < 4.78 is 0. The second-order valence-electron chi connectivity index (χ2n) is 5.24. The summed E-state index contributed by atoms with van der Waals surface area (Å²) in [7, 11) is 0.